The fourth-order valence-electron chi connectivity index (χ4n) is 4.11. The molecule has 0 unspecified atom stereocenters. The van der Waals surface area contributed by atoms with E-state index in [9.17, 15) is 4.79 Å². The molecule has 0 bridgehead atoms. The zero-order valence-electron chi connectivity index (χ0n) is 13.7. The van der Waals surface area contributed by atoms with Gasteiger partial charge in [0.05, 0.1) is 0 Å². The number of hydrogen-bond donors (Lipinski definition) is 1. The summed E-state index contributed by atoms with van der Waals surface area (Å²) in [4.78, 5) is 12.3. The number of anilines is 1. The Morgan fingerprint density at radius 2 is 1.91 bits per heavy atom. The maximum atomic E-state index is 12.3. The fraction of sp³-hybridized carbons (Fsp3) is 0.350. The van der Waals surface area contributed by atoms with Crippen LogP contribution < -0.4 is 5.32 Å². The van der Waals surface area contributed by atoms with Gasteiger partial charge >= 0.3 is 0 Å². The van der Waals surface area contributed by atoms with Crippen LogP contribution in [0.15, 0.2) is 30.3 Å². The Morgan fingerprint density at radius 3 is 2.70 bits per heavy atom. The number of para-hydroxylation sites is 1. The summed E-state index contributed by atoms with van der Waals surface area (Å²) >= 11 is 0. The van der Waals surface area contributed by atoms with Crippen molar-refractivity contribution < 1.29 is 4.79 Å². The summed E-state index contributed by atoms with van der Waals surface area (Å²) in [6.45, 7) is 4.35. The van der Waals surface area contributed by atoms with Gasteiger partial charge in [0.1, 0.15) is 0 Å². The summed E-state index contributed by atoms with van der Waals surface area (Å²) in [5.74, 6) is -0.00290. The predicted octanol–water partition coefficient (Wildman–Crippen LogP) is 4.71. The first-order valence-corrected chi connectivity index (χ1v) is 8.46. The Bertz CT molecular complexity index is 807. The molecule has 1 N–H and O–H groups in total. The molecule has 118 valence electrons. The van der Waals surface area contributed by atoms with Crippen molar-refractivity contribution in [2.45, 2.75) is 45.6 Å². The lowest BCUT2D eigenvalue weighted by atomic mass is 10.0. The molecule has 2 heterocycles. The molecule has 0 radical (unpaired) electrons. The van der Waals surface area contributed by atoms with Crippen LogP contribution in [-0.2, 0) is 4.79 Å². The number of aromatic nitrogens is 1. The van der Waals surface area contributed by atoms with Gasteiger partial charge in [-0.3, -0.25) is 4.79 Å². The summed E-state index contributed by atoms with van der Waals surface area (Å²) in [7, 11) is 0. The first-order valence-electron chi connectivity index (χ1n) is 8.46. The number of nitrogens with one attached hydrogen (secondary N) is 1. The van der Waals surface area contributed by atoms with Crippen LogP contribution in [0.3, 0.4) is 0 Å². The molecular formula is C20H22N2O. The van der Waals surface area contributed by atoms with E-state index >= 15 is 0 Å². The molecular weight excluding hydrogens is 284 g/mol. The molecule has 1 aliphatic carbocycles. The fourth-order valence-corrected chi connectivity index (χ4v) is 4.11. The molecule has 1 aromatic carbocycles. The molecule has 2 aliphatic rings. The van der Waals surface area contributed by atoms with Crippen LogP contribution >= 0.6 is 0 Å². The van der Waals surface area contributed by atoms with Crippen molar-refractivity contribution in [3.63, 3.8) is 0 Å². The van der Waals surface area contributed by atoms with Gasteiger partial charge < -0.3 is 9.88 Å². The Hall–Kier alpha value is -2.29. The topological polar surface area (TPSA) is 34.0 Å². The van der Waals surface area contributed by atoms with Gasteiger partial charge in [0.25, 0.3) is 5.91 Å². The third-order valence-electron chi connectivity index (χ3n) is 5.22. The van der Waals surface area contributed by atoms with E-state index in [4.69, 9.17) is 0 Å². The van der Waals surface area contributed by atoms with Gasteiger partial charge in [-0.05, 0) is 50.5 Å². The predicted molar refractivity (Wildman–Crippen MR) is 94.4 cm³/mol. The summed E-state index contributed by atoms with van der Waals surface area (Å²) in [6.07, 6.45) is 7.25. The molecule has 3 heteroatoms. The van der Waals surface area contributed by atoms with E-state index in [1.54, 1.807) is 0 Å². The van der Waals surface area contributed by atoms with E-state index in [1.807, 2.05) is 24.3 Å². The lowest BCUT2D eigenvalue weighted by Crippen LogP contribution is -2.08. The van der Waals surface area contributed by atoms with Crippen LogP contribution in [-0.4, -0.2) is 10.5 Å². The lowest BCUT2D eigenvalue weighted by Gasteiger charge is -2.17. The second-order valence-corrected chi connectivity index (χ2v) is 6.69. The number of rotatable bonds is 2. The molecule has 2 aromatic rings. The summed E-state index contributed by atoms with van der Waals surface area (Å²) < 4.78 is 2.47. The molecule has 0 saturated heterocycles. The van der Waals surface area contributed by atoms with Gasteiger partial charge in [0.2, 0.25) is 0 Å². The zero-order valence-corrected chi connectivity index (χ0v) is 13.7. The third kappa shape index (κ3) is 2.31. The van der Waals surface area contributed by atoms with Crippen molar-refractivity contribution >= 4 is 23.2 Å². The highest BCUT2D eigenvalue weighted by molar-refractivity contribution is 6.34. The second-order valence-electron chi connectivity index (χ2n) is 6.69. The normalized spacial score (nSPS) is 19.4. The number of fused-ring (bicyclic) bond motifs is 1. The standard InChI is InChI=1S/C20H22N2O/c1-13-11-15(14(2)22(13)16-7-3-4-8-16)12-18-17-9-5-6-10-19(17)21-20(18)23/h5-6,9-12,16H,3-4,7-8H2,1-2H3,(H,21,23). The average molecular weight is 306 g/mol. The number of benzene rings is 1. The molecule has 1 fully saturated rings. The Morgan fingerprint density at radius 1 is 1.17 bits per heavy atom. The van der Waals surface area contributed by atoms with Crippen LogP contribution in [0.5, 0.6) is 0 Å². The molecule has 3 nitrogen and oxygen atoms in total. The number of carbonyl (C=O) groups is 1. The van der Waals surface area contributed by atoms with E-state index in [0.29, 0.717) is 6.04 Å². The Balaban J connectivity index is 1.77. The number of nitrogens with zero attached hydrogens (tertiary/aromatic N) is 1. The number of hydrogen-bond acceptors (Lipinski definition) is 1. The molecule has 1 aliphatic heterocycles. The van der Waals surface area contributed by atoms with Crippen LogP contribution in [0.2, 0.25) is 0 Å². The first-order chi connectivity index (χ1) is 11.1. The molecule has 1 amide bonds. The molecule has 23 heavy (non-hydrogen) atoms. The highest BCUT2D eigenvalue weighted by Crippen LogP contribution is 2.36. The van der Waals surface area contributed by atoms with Crippen molar-refractivity contribution in [3.05, 3.63) is 52.8 Å². The largest absolute Gasteiger partial charge is 0.346 e. The van der Waals surface area contributed by atoms with Crippen molar-refractivity contribution in [2.75, 3.05) is 5.32 Å². The number of aryl methyl sites for hydroxylation is 1. The molecule has 1 aromatic heterocycles. The molecule has 0 spiro atoms. The van der Waals surface area contributed by atoms with Crippen molar-refractivity contribution in [3.8, 4) is 0 Å². The quantitative estimate of drug-likeness (QED) is 0.801. The van der Waals surface area contributed by atoms with Crippen molar-refractivity contribution in [1.82, 2.24) is 4.57 Å². The minimum absolute atomic E-state index is 0.00290. The smallest absolute Gasteiger partial charge is 0.256 e. The minimum atomic E-state index is -0.00290. The summed E-state index contributed by atoms with van der Waals surface area (Å²) in [6, 6.07) is 10.7. The SMILES string of the molecule is Cc1cc(C=C2C(=O)Nc3ccccc32)c(C)n1C1CCCC1. The van der Waals surface area contributed by atoms with Crippen LogP contribution in [0, 0.1) is 13.8 Å². The minimum Gasteiger partial charge on any atom is -0.346 e. The van der Waals surface area contributed by atoms with Gasteiger partial charge in [0, 0.05) is 34.3 Å². The van der Waals surface area contributed by atoms with Gasteiger partial charge in [-0.15, -0.1) is 0 Å². The van der Waals surface area contributed by atoms with Gasteiger partial charge in [-0.2, -0.15) is 0 Å². The highest BCUT2D eigenvalue weighted by Gasteiger charge is 2.25. The highest BCUT2D eigenvalue weighted by atomic mass is 16.2. The van der Waals surface area contributed by atoms with E-state index < -0.39 is 0 Å². The van der Waals surface area contributed by atoms with Gasteiger partial charge in [0.15, 0.2) is 0 Å². The first kappa shape index (κ1) is 14.3. The van der Waals surface area contributed by atoms with Crippen molar-refractivity contribution in [2.24, 2.45) is 0 Å². The maximum Gasteiger partial charge on any atom is 0.256 e. The van der Waals surface area contributed by atoms with E-state index in [-0.39, 0.29) is 5.91 Å². The zero-order chi connectivity index (χ0) is 16.0. The van der Waals surface area contributed by atoms with E-state index in [0.717, 1.165) is 22.4 Å². The van der Waals surface area contributed by atoms with Crippen molar-refractivity contribution in [1.29, 1.82) is 0 Å². The van der Waals surface area contributed by atoms with Crippen LogP contribution in [0.25, 0.3) is 11.6 Å². The van der Waals surface area contributed by atoms with Gasteiger partial charge in [-0.1, -0.05) is 31.0 Å². The lowest BCUT2D eigenvalue weighted by molar-refractivity contribution is -0.110. The monoisotopic (exact) mass is 306 g/mol. The molecule has 1 saturated carbocycles. The van der Waals surface area contributed by atoms with Crippen LogP contribution in [0.1, 0.15) is 54.2 Å². The van der Waals surface area contributed by atoms with E-state index in [2.05, 4.69) is 35.9 Å². The van der Waals surface area contributed by atoms with E-state index in [1.165, 1.54) is 37.1 Å². The molecule has 4 rings (SSSR count). The maximum absolute atomic E-state index is 12.3. The Kier molecular flexibility index (Phi) is 3.37. The second kappa shape index (κ2) is 5.41. The molecule has 0 atom stereocenters. The number of carbonyl (C=O) groups excluding carboxylic acids is 1. The summed E-state index contributed by atoms with van der Waals surface area (Å²) in [5.41, 5.74) is 6.42. The average Bonchev–Trinajstić information content (AvgIpc) is 3.21. The van der Waals surface area contributed by atoms with Gasteiger partial charge in [-0.25, -0.2) is 0 Å². The summed E-state index contributed by atoms with van der Waals surface area (Å²) in [5, 5.41) is 2.95. The van der Waals surface area contributed by atoms with Crippen LogP contribution in [0.4, 0.5) is 5.69 Å². The Labute approximate surface area is 137 Å². The number of amides is 1. The third-order valence-corrected chi connectivity index (χ3v) is 5.22.